The van der Waals surface area contributed by atoms with Gasteiger partial charge in [-0.1, -0.05) is 140 Å². The van der Waals surface area contributed by atoms with Gasteiger partial charge in [0.05, 0.1) is 12.7 Å². The molecule has 0 aromatic heterocycles. The lowest BCUT2D eigenvalue weighted by atomic mass is 9.98. The Morgan fingerprint density at radius 2 is 0.913 bits per heavy atom. The van der Waals surface area contributed by atoms with Crippen LogP contribution in [0, 0.1) is 0 Å². The van der Waals surface area contributed by atoms with Gasteiger partial charge in [0.1, 0.15) is 0 Å². The monoisotopic (exact) mass is 642 g/mol. The summed E-state index contributed by atoms with van der Waals surface area (Å²) < 4.78 is 13.1. The molecule has 0 aliphatic carbocycles. The molecule has 2 unspecified atom stereocenters. The summed E-state index contributed by atoms with van der Waals surface area (Å²) in [5.41, 5.74) is 0. The van der Waals surface area contributed by atoms with Gasteiger partial charge < -0.3 is 14.4 Å². The van der Waals surface area contributed by atoms with Crippen molar-refractivity contribution >= 4 is 0 Å². The van der Waals surface area contributed by atoms with Gasteiger partial charge in [-0.05, 0) is 97.6 Å². The van der Waals surface area contributed by atoms with Gasteiger partial charge in [-0.3, -0.25) is 0 Å². The Labute approximate surface area is 288 Å². The van der Waals surface area contributed by atoms with E-state index in [0.717, 1.165) is 45.3 Å². The largest absolute Gasteiger partial charge is 0.347 e. The molecule has 0 aromatic rings. The maximum Gasteiger partial charge on any atom is 0.168 e. The average molecular weight is 642 g/mol. The number of unbranched alkanes of at least 4 members (excludes halogenated alkanes) is 18. The van der Waals surface area contributed by atoms with Crippen molar-refractivity contribution in [3.8, 4) is 0 Å². The Hall–Kier alpha value is -1.16. The topological polar surface area (TPSA) is 21.7 Å². The SMILES string of the molecule is CCCCC/C=C\C/C=C\CCCCCCCCC1(CCCCCCCC/C=C/C/C=C/CCCCC)OCC(CCN(C)C)O1. The summed E-state index contributed by atoms with van der Waals surface area (Å²) in [7, 11) is 4.30. The minimum absolute atomic E-state index is 0.261. The fourth-order valence-electron chi connectivity index (χ4n) is 6.31. The number of nitrogens with zero attached hydrogens (tertiary/aromatic N) is 1. The average Bonchev–Trinajstić information content (AvgIpc) is 3.46. The van der Waals surface area contributed by atoms with Crippen LogP contribution in [-0.4, -0.2) is 44.0 Å². The number of ether oxygens (including phenoxy) is 2. The van der Waals surface area contributed by atoms with Crippen LogP contribution in [0.2, 0.25) is 0 Å². The Morgan fingerprint density at radius 1 is 0.522 bits per heavy atom. The highest BCUT2D eigenvalue weighted by atomic mass is 16.7. The number of hydrogen-bond acceptors (Lipinski definition) is 3. The molecule has 0 saturated carbocycles. The second kappa shape index (κ2) is 32.4. The first-order chi connectivity index (χ1) is 22.6. The van der Waals surface area contributed by atoms with E-state index in [-0.39, 0.29) is 11.9 Å². The molecule has 1 rings (SSSR count). The van der Waals surface area contributed by atoms with Crippen molar-refractivity contribution in [3.63, 3.8) is 0 Å². The highest BCUT2D eigenvalue weighted by Gasteiger charge is 2.40. The first-order valence-electron chi connectivity index (χ1n) is 20.2. The molecule has 1 saturated heterocycles. The van der Waals surface area contributed by atoms with Gasteiger partial charge in [0.2, 0.25) is 0 Å². The van der Waals surface area contributed by atoms with Crippen molar-refractivity contribution in [2.24, 2.45) is 0 Å². The third kappa shape index (κ3) is 26.9. The molecule has 1 aliphatic rings. The van der Waals surface area contributed by atoms with E-state index in [1.54, 1.807) is 0 Å². The van der Waals surface area contributed by atoms with E-state index in [0.29, 0.717) is 0 Å². The zero-order chi connectivity index (χ0) is 33.2. The highest BCUT2D eigenvalue weighted by molar-refractivity contribution is 4.93. The molecule has 0 N–H and O–H groups in total. The molecule has 268 valence electrons. The van der Waals surface area contributed by atoms with E-state index in [1.807, 2.05) is 0 Å². The van der Waals surface area contributed by atoms with E-state index in [1.165, 1.54) is 141 Å². The fraction of sp³-hybridized carbons (Fsp3) is 0.814. The fourth-order valence-corrected chi connectivity index (χ4v) is 6.31. The van der Waals surface area contributed by atoms with E-state index in [4.69, 9.17) is 9.47 Å². The molecule has 0 amide bonds. The van der Waals surface area contributed by atoms with Crippen molar-refractivity contribution in [1.29, 1.82) is 0 Å². The molecule has 3 heteroatoms. The third-order valence-electron chi connectivity index (χ3n) is 9.33. The van der Waals surface area contributed by atoms with E-state index >= 15 is 0 Å². The molecule has 0 spiro atoms. The second-order valence-corrected chi connectivity index (χ2v) is 14.2. The second-order valence-electron chi connectivity index (χ2n) is 14.2. The number of rotatable bonds is 33. The van der Waals surface area contributed by atoms with Crippen LogP contribution >= 0.6 is 0 Å². The van der Waals surface area contributed by atoms with Gasteiger partial charge in [0, 0.05) is 19.4 Å². The van der Waals surface area contributed by atoms with Crippen LogP contribution in [0.3, 0.4) is 0 Å². The van der Waals surface area contributed by atoms with Crippen molar-refractivity contribution in [3.05, 3.63) is 48.6 Å². The lowest BCUT2D eigenvalue weighted by Gasteiger charge is -2.29. The van der Waals surface area contributed by atoms with Gasteiger partial charge in [0.15, 0.2) is 5.79 Å². The van der Waals surface area contributed by atoms with E-state index < -0.39 is 0 Å². The molecule has 0 bridgehead atoms. The maximum absolute atomic E-state index is 6.67. The van der Waals surface area contributed by atoms with Crippen molar-refractivity contribution < 1.29 is 9.47 Å². The molecule has 1 fully saturated rings. The van der Waals surface area contributed by atoms with Crippen LogP contribution in [0.15, 0.2) is 48.6 Å². The summed E-state index contributed by atoms with van der Waals surface area (Å²) in [6.45, 7) is 6.38. The number of hydrogen-bond donors (Lipinski definition) is 0. The van der Waals surface area contributed by atoms with E-state index in [2.05, 4.69) is 81.5 Å². The molecular formula is C43H79NO2. The predicted octanol–water partition coefficient (Wildman–Crippen LogP) is 13.5. The minimum atomic E-state index is -0.318. The van der Waals surface area contributed by atoms with Crippen LogP contribution in [-0.2, 0) is 9.47 Å². The van der Waals surface area contributed by atoms with Crippen LogP contribution in [0.1, 0.15) is 187 Å². The summed E-state index contributed by atoms with van der Waals surface area (Å²) >= 11 is 0. The predicted molar refractivity (Wildman–Crippen MR) is 205 cm³/mol. The molecule has 46 heavy (non-hydrogen) atoms. The molecule has 2 atom stereocenters. The van der Waals surface area contributed by atoms with Crippen LogP contribution in [0.4, 0.5) is 0 Å². The quantitative estimate of drug-likeness (QED) is 0.0526. The summed E-state index contributed by atoms with van der Waals surface area (Å²) in [4.78, 5) is 2.26. The third-order valence-corrected chi connectivity index (χ3v) is 9.33. The Bertz CT molecular complexity index is 704. The lowest BCUT2D eigenvalue weighted by molar-refractivity contribution is -0.180. The van der Waals surface area contributed by atoms with Crippen LogP contribution in [0.5, 0.6) is 0 Å². The molecule has 0 aromatic carbocycles. The minimum Gasteiger partial charge on any atom is -0.347 e. The summed E-state index contributed by atoms with van der Waals surface area (Å²) in [6, 6.07) is 0. The van der Waals surface area contributed by atoms with E-state index in [9.17, 15) is 0 Å². The highest BCUT2D eigenvalue weighted by Crippen LogP contribution is 2.35. The lowest BCUT2D eigenvalue weighted by Crippen LogP contribution is -2.31. The zero-order valence-electron chi connectivity index (χ0n) is 31.5. The summed E-state index contributed by atoms with van der Waals surface area (Å²) in [5.74, 6) is -0.318. The molecule has 3 nitrogen and oxygen atoms in total. The number of allylic oxidation sites excluding steroid dienone is 8. The van der Waals surface area contributed by atoms with Crippen molar-refractivity contribution in [2.75, 3.05) is 27.2 Å². The standard InChI is InChI=1S/C43H79NO2/c1-5-7-9-11-13-15-17-19-21-23-25-27-29-31-33-35-38-43(45-41-42(46-43)37-40-44(3)4)39-36-34-32-30-28-26-24-22-20-18-16-14-12-10-8-6-2/h13-16,19-22,42H,5-12,17-18,23-41H2,1-4H3/b15-13-,16-14+,21-19-,22-20+. The van der Waals surface area contributed by atoms with Gasteiger partial charge in [0.25, 0.3) is 0 Å². The van der Waals surface area contributed by atoms with Gasteiger partial charge in [-0.2, -0.15) is 0 Å². The molecular weight excluding hydrogens is 562 g/mol. The molecule has 0 radical (unpaired) electrons. The smallest absolute Gasteiger partial charge is 0.168 e. The van der Waals surface area contributed by atoms with Crippen molar-refractivity contribution in [1.82, 2.24) is 4.90 Å². The zero-order valence-corrected chi connectivity index (χ0v) is 31.5. The van der Waals surface area contributed by atoms with Gasteiger partial charge in [-0.25, -0.2) is 0 Å². The van der Waals surface area contributed by atoms with Crippen LogP contribution in [0.25, 0.3) is 0 Å². The maximum atomic E-state index is 6.67. The van der Waals surface area contributed by atoms with Crippen LogP contribution < -0.4 is 0 Å². The normalized spacial score (nSPS) is 19.0. The molecule has 1 heterocycles. The van der Waals surface area contributed by atoms with Crippen molar-refractivity contribution in [2.45, 2.75) is 199 Å². The summed E-state index contributed by atoms with van der Waals surface area (Å²) in [5, 5.41) is 0. The van der Waals surface area contributed by atoms with Gasteiger partial charge in [-0.15, -0.1) is 0 Å². The Kier molecular flexibility index (Phi) is 30.2. The Balaban J connectivity index is 2.16. The molecule has 1 aliphatic heterocycles. The van der Waals surface area contributed by atoms with Gasteiger partial charge >= 0.3 is 0 Å². The first kappa shape index (κ1) is 42.9. The first-order valence-corrected chi connectivity index (χ1v) is 20.2. The summed E-state index contributed by atoms with van der Waals surface area (Å²) in [6.07, 6.45) is 53.3. The Morgan fingerprint density at radius 3 is 1.33 bits per heavy atom.